The van der Waals surface area contributed by atoms with Crippen molar-refractivity contribution in [2.24, 2.45) is 0 Å². The second-order valence-electron chi connectivity index (χ2n) is 21.9. The zero-order valence-corrected chi connectivity index (χ0v) is 63.6. The van der Waals surface area contributed by atoms with E-state index >= 15 is 0 Å². The lowest BCUT2D eigenvalue weighted by atomic mass is 9.80. The molecule has 28 nitrogen and oxygen atoms in total. The van der Waals surface area contributed by atoms with Gasteiger partial charge in [0.05, 0.1) is 74.2 Å². The molecule has 0 bridgehead atoms. The van der Waals surface area contributed by atoms with Gasteiger partial charge in [0.25, 0.3) is 0 Å². The second kappa shape index (κ2) is 43.7. The summed E-state index contributed by atoms with van der Waals surface area (Å²) >= 11 is 9.72. The molecule has 1 fully saturated rings. The van der Waals surface area contributed by atoms with E-state index in [1.807, 2.05) is 132 Å². The Kier molecular flexibility index (Phi) is 34.8. The SMILES string of the molecule is Brc1cnc2ccccn12.CCOC(=O)CO.CCOC(=O)COc1ccc(-c2cnc3ccccn23)cn1.CCOC(=O)COc1ccc(-c2cnc3ccccn23)cn1.CCOC(=O)COc1ccc(B2OC(C)(C)C(C)(C)O2)cn1.CCOC(=O)COc1ccc(Br)cn1.Fc1ccc(Br)cn1. The molecule has 12 rings (SSSR count). The molecule has 0 amide bonds. The Labute approximate surface area is 630 Å². The maximum Gasteiger partial charge on any atom is 0.496 e. The second-order valence-corrected chi connectivity index (χ2v) is 24.5. The summed E-state index contributed by atoms with van der Waals surface area (Å²) in [5, 5.41) is 7.99. The van der Waals surface area contributed by atoms with Crippen LogP contribution in [0.3, 0.4) is 0 Å². The van der Waals surface area contributed by atoms with E-state index in [4.69, 9.17) is 47.6 Å². The van der Waals surface area contributed by atoms with Crippen molar-refractivity contribution in [3.63, 3.8) is 0 Å². The highest BCUT2D eigenvalue weighted by molar-refractivity contribution is 9.11. The minimum absolute atomic E-state index is 0.109. The molecule has 0 radical (unpaired) electrons. The average molecular weight is 1640 g/mol. The molecule has 12 heterocycles. The Morgan fingerprint density at radius 3 is 1.10 bits per heavy atom. The molecule has 0 aromatic carbocycles. The molecule has 0 spiro atoms. The fraction of sp³-hybridized carbons (Fsp3) is 0.292. The minimum atomic E-state index is -0.567. The molecule has 0 aliphatic carbocycles. The van der Waals surface area contributed by atoms with E-state index < -0.39 is 60.7 Å². The van der Waals surface area contributed by atoms with Crippen molar-refractivity contribution in [1.29, 1.82) is 0 Å². The monoisotopic (exact) mass is 1640 g/mol. The molecular formula is C72H78BBr3FN11O17. The number of imidazole rings is 3. The summed E-state index contributed by atoms with van der Waals surface area (Å²) in [4.78, 5) is 87.2. The predicted octanol–water partition coefficient (Wildman–Crippen LogP) is 11.4. The number of carbonyl (C=O) groups excluding carboxylic acids is 5. The number of nitrogens with zero attached hydrogens (tertiary/aromatic N) is 11. The standard InChI is InChI=1S/2C16H15N3O3.C15H22BNO5.C9H10BrNO3.C7H5BrN2.C5H3BrFN.C4H8O3/c2*1-2-21-16(20)11-22-15-7-6-12(9-18-15)13-10-17-14-5-3-4-8-19(13)14;1-6-19-13(18)10-20-12-8-7-11(9-17-12)16-21-14(2,3)15(4,5)22-16;1-2-13-9(12)6-14-8-4-3-7(10)5-11-8;8-6-5-9-7-3-1-2-4-10(6)7;6-4-1-2-5(7)8-3-4;1-2-7-4(6)3-5/h2*3-10H,2,11H2,1H3;7-9H,6,10H2,1-5H3;3-5H,2,6H2,1H3;1-5H;1-3H;5H,2-3H2,1H3. The summed E-state index contributed by atoms with van der Waals surface area (Å²) in [5.74, 6) is -1.12. The van der Waals surface area contributed by atoms with Crippen molar-refractivity contribution < 1.29 is 85.4 Å². The van der Waals surface area contributed by atoms with Crippen molar-refractivity contribution in [2.75, 3.05) is 66.1 Å². The van der Waals surface area contributed by atoms with Crippen LogP contribution in [0.2, 0.25) is 0 Å². The molecule has 11 aromatic heterocycles. The molecule has 554 valence electrons. The Bertz CT molecular complexity index is 4290. The van der Waals surface area contributed by atoms with Gasteiger partial charge in [-0.3, -0.25) is 13.2 Å². The van der Waals surface area contributed by atoms with Crippen LogP contribution >= 0.6 is 47.8 Å². The van der Waals surface area contributed by atoms with E-state index in [1.165, 1.54) is 12.3 Å². The number of aromatic nitrogens is 11. The molecule has 1 aliphatic heterocycles. The maximum atomic E-state index is 12.0. The van der Waals surface area contributed by atoms with Gasteiger partial charge < -0.3 is 57.0 Å². The number of fused-ring (bicyclic) bond motifs is 3. The molecule has 33 heteroatoms. The van der Waals surface area contributed by atoms with Crippen LogP contribution in [0.1, 0.15) is 62.3 Å². The van der Waals surface area contributed by atoms with E-state index in [0.29, 0.717) is 56.6 Å². The summed E-state index contributed by atoms with van der Waals surface area (Å²) in [6.45, 7) is 17.3. The van der Waals surface area contributed by atoms with Gasteiger partial charge >= 0.3 is 37.0 Å². The molecular weight excluding hydrogens is 1560 g/mol. The molecule has 0 unspecified atom stereocenters. The van der Waals surface area contributed by atoms with Gasteiger partial charge in [-0.1, -0.05) is 24.3 Å². The number of carbonyl (C=O) groups is 5. The highest BCUT2D eigenvalue weighted by Gasteiger charge is 2.51. The van der Waals surface area contributed by atoms with Gasteiger partial charge in [0.2, 0.25) is 29.5 Å². The quantitative estimate of drug-likeness (QED) is 0.0302. The highest BCUT2D eigenvalue weighted by Crippen LogP contribution is 2.36. The number of hydrogen-bond donors (Lipinski definition) is 1. The van der Waals surface area contributed by atoms with Crippen LogP contribution in [-0.4, -0.2) is 172 Å². The zero-order chi connectivity index (χ0) is 76.2. The van der Waals surface area contributed by atoms with Crippen molar-refractivity contribution >= 4 is 107 Å². The van der Waals surface area contributed by atoms with Gasteiger partial charge in [0.1, 0.15) is 28.2 Å². The van der Waals surface area contributed by atoms with Crippen LogP contribution in [0.4, 0.5) is 4.39 Å². The molecule has 0 atom stereocenters. The van der Waals surface area contributed by atoms with Gasteiger partial charge in [-0.05, 0) is 183 Å². The fourth-order valence-electron chi connectivity index (χ4n) is 8.38. The number of esters is 5. The van der Waals surface area contributed by atoms with Gasteiger partial charge in [0.15, 0.2) is 26.4 Å². The van der Waals surface area contributed by atoms with Crippen molar-refractivity contribution in [3.8, 4) is 46.0 Å². The minimum Gasteiger partial charge on any atom is -0.466 e. The van der Waals surface area contributed by atoms with Gasteiger partial charge in [0, 0.05) is 93.3 Å². The number of rotatable bonds is 21. The lowest BCUT2D eigenvalue weighted by Crippen LogP contribution is -2.41. The Balaban J connectivity index is 0.000000199. The van der Waals surface area contributed by atoms with Gasteiger partial charge in [-0.2, -0.15) is 4.39 Å². The van der Waals surface area contributed by atoms with E-state index in [2.05, 4.69) is 97.1 Å². The molecule has 0 saturated carbocycles. The lowest BCUT2D eigenvalue weighted by molar-refractivity contribution is -0.147. The topological polar surface area (TPSA) is 323 Å². The third kappa shape index (κ3) is 28.0. The zero-order valence-electron chi connectivity index (χ0n) is 58.9. The Morgan fingerprint density at radius 2 is 0.771 bits per heavy atom. The van der Waals surface area contributed by atoms with Crippen LogP contribution in [-0.2, 0) is 57.0 Å². The van der Waals surface area contributed by atoms with Gasteiger partial charge in [-0.15, -0.1) is 0 Å². The summed E-state index contributed by atoms with van der Waals surface area (Å²) in [5.41, 5.74) is 6.47. The first-order valence-electron chi connectivity index (χ1n) is 32.4. The number of aliphatic hydroxyl groups excluding tert-OH is 1. The number of halogens is 4. The molecule has 1 aliphatic rings. The molecule has 105 heavy (non-hydrogen) atoms. The van der Waals surface area contributed by atoms with E-state index in [-0.39, 0.29) is 26.4 Å². The van der Waals surface area contributed by atoms with E-state index in [9.17, 15) is 28.4 Å². The third-order valence-corrected chi connectivity index (χ3v) is 15.5. The van der Waals surface area contributed by atoms with E-state index in [0.717, 1.165) is 58.5 Å². The van der Waals surface area contributed by atoms with Crippen LogP contribution in [0.5, 0.6) is 23.5 Å². The number of pyridine rings is 8. The lowest BCUT2D eigenvalue weighted by Gasteiger charge is -2.32. The Hall–Kier alpha value is -10.3. The Morgan fingerprint density at radius 1 is 0.419 bits per heavy atom. The third-order valence-electron chi connectivity index (χ3n) is 14.0. The van der Waals surface area contributed by atoms with E-state index in [1.54, 1.807) is 114 Å². The van der Waals surface area contributed by atoms with Gasteiger partial charge in [-0.25, -0.2) is 63.8 Å². The predicted molar refractivity (Wildman–Crippen MR) is 396 cm³/mol. The van der Waals surface area contributed by atoms with Crippen LogP contribution < -0.4 is 24.4 Å². The van der Waals surface area contributed by atoms with Crippen LogP contribution in [0.15, 0.2) is 197 Å². The van der Waals surface area contributed by atoms with Crippen LogP contribution in [0, 0.1) is 5.95 Å². The average Bonchev–Trinajstić information content (AvgIpc) is 1.64. The summed E-state index contributed by atoms with van der Waals surface area (Å²) in [6, 6.07) is 34.6. The van der Waals surface area contributed by atoms with Crippen molar-refractivity contribution in [2.45, 2.75) is 73.5 Å². The fourth-order valence-corrected chi connectivity index (χ4v) is 9.25. The maximum absolute atomic E-state index is 12.0. The first-order valence-corrected chi connectivity index (χ1v) is 34.8. The number of aliphatic hydroxyl groups is 1. The smallest absolute Gasteiger partial charge is 0.466 e. The first kappa shape index (κ1) is 83.6. The number of hydrogen-bond acceptors (Lipinski definition) is 25. The molecule has 1 N–H and O–H groups in total. The first-order chi connectivity index (χ1) is 50.5. The van der Waals surface area contributed by atoms with Crippen LogP contribution in [0.25, 0.3) is 39.5 Å². The van der Waals surface area contributed by atoms with Crippen molar-refractivity contribution in [1.82, 2.24) is 53.1 Å². The summed E-state index contributed by atoms with van der Waals surface area (Å²) in [6.07, 6.45) is 19.3. The normalized spacial score (nSPS) is 12.0. The van der Waals surface area contributed by atoms with Crippen molar-refractivity contribution in [3.05, 3.63) is 203 Å². The largest absolute Gasteiger partial charge is 0.496 e. The molecule has 1 saturated heterocycles. The molecule has 11 aromatic rings. The summed E-state index contributed by atoms with van der Waals surface area (Å²) < 4.78 is 76.6. The highest BCUT2D eigenvalue weighted by atomic mass is 79.9. The summed E-state index contributed by atoms with van der Waals surface area (Å²) in [7, 11) is -0.461. The number of ether oxygens (including phenoxy) is 9.